The van der Waals surface area contributed by atoms with Crippen LogP contribution in [0.4, 0.5) is 0 Å². The molecule has 1 N–H and O–H groups in total. The smallest absolute Gasteiger partial charge is 0.310 e. The molecule has 0 amide bonds. The van der Waals surface area contributed by atoms with Crippen molar-refractivity contribution in [2.75, 3.05) is 7.11 Å². The van der Waals surface area contributed by atoms with Crippen molar-refractivity contribution >= 4 is 5.97 Å². The fourth-order valence-corrected chi connectivity index (χ4v) is 2.24. The van der Waals surface area contributed by atoms with E-state index >= 15 is 0 Å². The fraction of sp³-hybridized carbons (Fsp3) is 0.875. The molecule has 0 aromatic carbocycles. The van der Waals surface area contributed by atoms with Crippen LogP contribution in [0.2, 0.25) is 0 Å². The van der Waals surface area contributed by atoms with E-state index in [0.717, 1.165) is 12.8 Å². The lowest BCUT2D eigenvalue weighted by molar-refractivity contribution is -0.146. The van der Waals surface area contributed by atoms with Crippen LogP contribution in [-0.4, -0.2) is 25.2 Å². The van der Waals surface area contributed by atoms with Gasteiger partial charge in [0.2, 0.25) is 0 Å². The summed E-state index contributed by atoms with van der Waals surface area (Å²) in [6.45, 7) is 0. The van der Waals surface area contributed by atoms with Crippen molar-refractivity contribution in [1.29, 1.82) is 0 Å². The number of fused-ring (bicyclic) bond motifs is 2. The molecule has 2 aliphatic rings. The number of methoxy groups -OCH3 is 1. The van der Waals surface area contributed by atoms with Crippen LogP contribution in [-0.2, 0) is 9.53 Å². The van der Waals surface area contributed by atoms with Gasteiger partial charge in [0.05, 0.1) is 13.0 Å². The summed E-state index contributed by atoms with van der Waals surface area (Å²) in [6.07, 6.45) is 3.36. The zero-order valence-electron chi connectivity index (χ0n) is 6.67. The number of hydrogen-bond donors (Lipinski definition) is 1. The van der Waals surface area contributed by atoms with Gasteiger partial charge in [0.1, 0.15) is 0 Å². The number of hydrogen-bond acceptors (Lipinski definition) is 3. The van der Waals surface area contributed by atoms with Crippen LogP contribution < -0.4 is 5.32 Å². The topological polar surface area (TPSA) is 38.3 Å². The zero-order valence-corrected chi connectivity index (χ0v) is 6.67. The molecule has 62 valence electrons. The molecule has 0 aliphatic carbocycles. The highest BCUT2D eigenvalue weighted by molar-refractivity contribution is 5.74. The summed E-state index contributed by atoms with van der Waals surface area (Å²) in [5.74, 6) is 0.100. The standard InChI is InChI=1S/C8H13NO2/c1-11-8(10)6-4-5-2-3-7(6)9-5/h5-7,9H,2-4H2,1H3. The minimum absolute atomic E-state index is 0.0373. The maximum atomic E-state index is 11.1. The molecular weight excluding hydrogens is 142 g/mol. The maximum absolute atomic E-state index is 11.1. The summed E-state index contributed by atoms with van der Waals surface area (Å²) in [4.78, 5) is 11.1. The molecule has 2 fully saturated rings. The number of esters is 1. The molecular formula is C8H13NO2. The highest BCUT2D eigenvalue weighted by Crippen LogP contribution is 2.33. The van der Waals surface area contributed by atoms with Gasteiger partial charge in [-0.25, -0.2) is 0 Å². The summed E-state index contributed by atoms with van der Waals surface area (Å²) >= 11 is 0. The zero-order chi connectivity index (χ0) is 7.84. The molecule has 2 bridgehead atoms. The minimum atomic E-state index is -0.0373. The third-order valence-electron chi connectivity index (χ3n) is 2.80. The maximum Gasteiger partial charge on any atom is 0.310 e. The van der Waals surface area contributed by atoms with Crippen LogP contribution in [0.5, 0.6) is 0 Å². The van der Waals surface area contributed by atoms with Gasteiger partial charge < -0.3 is 10.1 Å². The van der Waals surface area contributed by atoms with Crippen LogP contribution in [0.3, 0.4) is 0 Å². The molecule has 0 aromatic rings. The summed E-state index contributed by atoms with van der Waals surface area (Å²) in [5, 5.41) is 3.39. The van der Waals surface area contributed by atoms with Gasteiger partial charge in [-0.15, -0.1) is 0 Å². The van der Waals surface area contributed by atoms with Crippen molar-refractivity contribution in [3.05, 3.63) is 0 Å². The highest BCUT2D eigenvalue weighted by Gasteiger charge is 2.43. The van der Waals surface area contributed by atoms with Crippen LogP contribution >= 0.6 is 0 Å². The van der Waals surface area contributed by atoms with Crippen molar-refractivity contribution in [2.45, 2.75) is 31.3 Å². The molecule has 3 heteroatoms. The van der Waals surface area contributed by atoms with Crippen LogP contribution in [0, 0.1) is 5.92 Å². The molecule has 0 radical (unpaired) electrons. The third kappa shape index (κ3) is 1.03. The predicted molar refractivity (Wildman–Crippen MR) is 40.1 cm³/mol. The molecule has 3 nitrogen and oxygen atoms in total. The molecule has 0 aromatic heterocycles. The Kier molecular flexibility index (Phi) is 1.60. The quantitative estimate of drug-likeness (QED) is 0.553. The van der Waals surface area contributed by atoms with Gasteiger partial charge in [-0.2, -0.15) is 0 Å². The van der Waals surface area contributed by atoms with Crippen molar-refractivity contribution in [1.82, 2.24) is 5.32 Å². The van der Waals surface area contributed by atoms with Gasteiger partial charge in [0, 0.05) is 12.1 Å². The van der Waals surface area contributed by atoms with Crippen LogP contribution in [0.15, 0.2) is 0 Å². The molecule has 3 unspecified atom stereocenters. The Bertz CT molecular complexity index is 181. The first-order valence-corrected chi connectivity index (χ1v) is 4.15. The number of ether oxygens (including phenoxy) is 1. The normalized spacial score (nSPS) is 41.0. The van der Waals surface area contributed by atoms with Gasteiger partial charge in [-0.05, 0) is 19.3 Å². The number of carbonyl (C=O) groups is 1. The van der Waals surface area contributed by atoms with E-state index in [0.29, 0.717) is 12.1 Å². The van der Waals surface area contributed by atoms with Crippen molar-refractivity contribution in [3.63, 3.8) is 0 Å². The second-order valence-electron chi connectivity index (χ2n) is 3.41. The van der Waals surface area contributed by atoms with Crippen molar-refractivity contribution in [2.24, 2.45) is 5.92 Å². The monoisotopic (exact) mass is 155 g/mol. The van der Waals surface area contributed by atoms with Crippen LogP contribution in [0.1, 0.15) is 19.3 Å². The molecule has 2 saturated heterocycles. The van der Waals surface area contributed by atoms with E-state index in [-0.39, 0.29) is 11.9 Å². The summed E-state index contributed by atoms with van der Waals surface area (Å²) in [7, 11) is 1.47. The van der Waals surface area contributed by atoms with E-state index in [1.54, 1.807) is 0 Å². The average molecular weight is 155 g/mol. The molecule has 0 saturated carbocycles. The van der Waals surface area contributed by atoms with Gasteiger partial charge in [-0.3, -0.25) is 4.79 Å². The first-order valence-electron chi connectivity index (χ1n) is 4.15. The lowest BCUT2D eigenvalue weighted by atomic mass is 9.89. The van der Waals surface area contributed by atoms with Crippen molar-refractivity contribution < 1.29 is 9.53 Å². The Morgan fingerprint density at radius 1 is 1.55 bits per heavy atom. The summed E-state index contributed by atoms with van der Waals surface area (Å²) in [5.41, 5.74) is 0. The average Bonchev–Trinajstić information content (AvgIpc) is 2.62. The first kappa shape index (κ1) is 7.10. The summed E-state index contributed by atoms with van der Waals surface area (Å²) < 4.78 is 4.71. The second-order valence-corrected chi connectivity index (χ2v) is 3.41. The molecule has 2 rings (SSSR count). The second kappa shape index (κ2) is 2.48. The summed E-state index contributed by atoms with van der Waals surface area (Å²) in [6, 6.07) is 0.997. The number of carbonyl (C=O) groups excluding carboxylic acids is 1. The Morgan fingerprint density at radius 3 is 2.82 bits per heavy atom. The fourth-order valence-electron chi connectivity index (χ4n) is 2.24. The molecule has 3 atom stereocenters. The van der Waals surface area contributed by atoms with E-state index in [1.807, 2.05) is 0 Å². The highest BCUT2D eigenvalue weighted by atomic mass is 16.5. The van der Waals surface area contributed by atoms with Gasteiger partial charge in [0.25, 0.3) is 0 Å². The Hall–Kier alpha value is -0.570. The van der Waals surface area contributed by atoms with E-state index < -0.39 is 0 Å². The Balaban J connectivity index is 2.02. The van der Waals surface area contributed by atoms with E-state index in [1.165, 1.54) is 13.5 Å². The van der Waals surface area contributed by atoms with Gasteiger partial charge in [-0.1, -0.05) is 0 Å². The lowest BCUT2D eigenvalue weighted by Gasteiger charge is -2.16. The van der Waals surface area contributed by atoms with Crippen LogP contribution in [0.25, 0.3) is 0 Å². The predicted octanol–water partition coefficient (Wildman–Crippen LogP) is 0.300. The number of nitrogens with one attached hydrogen (secondary N) is 1. The SMILES string of the molecule is COC(=O)C1CC2CCC1N2. The van der Waals surface area contributed by atoms with E-state index in [4.69, 9.17) is 4.74 Å². The molecule has 2 aliphatic heterocycles. The minimum Gasteiger partial charge on any atom is -0.469 e. The van der Waals surface area contributed by atoms with Crippen molar-refractivity contribution in [3.8, 4) is 0 Å². The largest absolute Gasteiger partial charge is 0.469 e. The Labute approximate surface area is 66.1 Å². The molecule has 0 spiro atoms. The van der Waals surface area contributed by atoms with Gasteiger partial charge >= 0.3 is 5.97 Å². The van der Waals surface area contributed by atoms with Gasteiger partial charge in [0.15, 0.2) is 0 Å². The third-order valence-corrected chi connectivity index (χ3v) is 2.80. The first-order chi connectivity index (χ1) is 5.31. The molecule has 11 heavy (non-hydrogen) atoms. The van der Waals surface area contributed by atoms with E-state index in [2.05, 4.69) is 5.32 Å². The Morgan fingerprint density at radius 2 is 2.36 bits per heavy atom. The lowest BCUT2D eigenvalue weighted by Crippen LogP contribution is -2.29. The number of rotatable bonds is 1. The van der Waals surface area contributed by atoms with E-state index in [9.17, 15) is 4.79 Å². The molecule has 2 heterocycles.